The number of hydrogen-bond acceptors (Lipinski definition) is 0. The molecular formula is C23H32. The molecule has 0 fully saturated rings. The van der Waals surface area contributed by atoms with Gasteiger partial charge < -0.3 is 0 Å². The lowest BCUT2D eigenvalue weighted by atomic mass is 9.85. The van der Waals surface area contributed by atoms with E-state index in [0.29, 0.717) is 17.3 Å². The molecule has 0 heteroatoms. The van der Waals surface area contributed by atoms with E-state index in [1.165, 1.54) is 24.0 Å². The van der Waals surface area contributed by atoms with Gasteiger partial charge in [0.1, 0.15) is 0 Å². The summed E-state index contributed by atoms with van der Waals surface area (Å²) in [4.78, 5) is 0. The summed E-state index contributed by atoms with van der Waals surface area (Å²) in [6, 6.07) is 17.6. The molecule has 2 aromatic carbocycles. The van der Waals surface area contributed by atoms with Crippen molar-refractivity contribution < 1.29 is 0 Å². The molecule has 0 radical (unpaired) electrons. The van der Waals surface area contributed by atoms with Gasteiger partial charge in [0, 0.05) is 0 Å². The summed E-state index contributed by atoms with van der Waals surface area (Å²) < 4.78 is 0. The Bertz CT molecular complexity index is 618. The van der Waals surface area contributed by atoms with Crippen molar-refractivity contribution in [2.45, 2.75) is 71.6 Å². The van der Waals surface area contributed by atoms with Crippen LogP contribution < -0.4 is 0 Å². The van der Waals surface area contributed by atoms with Crippen molar-refractivity contribution >= 4 is 0 Å². The second-order valence-corrected chi connectivity index (χ2v) is 8.02. The average Bonchev–Trinajstić information content (AvgIpc) is 2.84. The number of hydrogen-bond donors (Lipinski definition) is 0. The number of fused-ring (bicyclic) bond motifs is 1. The Morgan fingerprint density at radius 2 is 1.39 bits per heavy atom. The van der Waals surface area contributed by atoms with E-state index in [0.717, 1.165) is 0 Å². The van der Waals surface area contributed by atoms with Gasteiger partial charge in [-0.15, -0.1) is 0 Å². The van der Waals surface area contributed by atoms with Crippen molar-refractivity contribution in [1.29, 1.82) is 0 Å². The largest absolute Gasteiger partial charge is 0.0622 e. The molecule has 0 N–H and O–H groups in total. The molecule has 1 aliphatic carbocycles. The highest BCUT2D eigenvalue weighted by molar-refractivity contribution is 5.41. The zero-order valence-corrected chi connectivity index (χ0v) is 15.7. The van der Waals surface area contributed by atoms with Gasteiger partial charge in [0.05, 0.1) is 0 Å². The minimum atomic E-state index is 0.403. The van der Waals surface area contributed by atoms with E-state index < -0.39 is 0 Å². The van der Waals surface area contributed by atoms with E-state index >= 15 is 0 Å². The fourth-order valence-electron chi connectivity index (χ4n) is 3.22. The summed E-state index contributed by atoms with van der Waals surface area (Å²) in [6.07, 6.45) is 2.57. The van der Waals surface area contributed by atoms with Crippen LogP contribution in [0.2, 0.25) is 0 Å². The lowest BCUT2D eigenvalue weighted by Crippen LogP contribution is -2.12. The molecule has 0 atom stereocenters. The van der Waals surface area contributed by atoms with Crippen LogP contribution in [0, 0.1) is 0 Å². The standard InChI is InChI=1S/C14H20.C9H12/c1-10(2)12-6-5-11-7-8-14(3,4)13(11)9-12;1-8(2)9-6-4-3-5-7-9/h5-6,9-10H,7-8H2,1-4H3;3-8H,1-2H3. The summed E-state index contributed by atoms with van der Waals surface area (Å²) in [7, 11) is 0. The maximum absolute atomic E-state index is 2.42. The van der Waals surface area contributed by atoms with Crippen molar-refractivity contribution in [2.75, 3.05) is 0 Å². The smallest absolute Gasteiger partial charge is 0.00976 e. The van der Waals surface area contributed by atoms with Gasteiger partial charge >= 0.3 is 0 Å². The number of benzene rings is 2. The molecule has 0 aliphatic heterocycles. The Kier molecular flexibility index (Phi) is 5.68. The quantitative estimate of drug-likeness (QED) is 0.569. The van der Waals surface area contributed by atoms with E-state index in [1.807, 2.05) is 6.07 Å². The SMILES string of the molecule is CC(C)c1ccc2c(c1)C(C)(C)CC2.CC(C)c1ccccc1. The first-order valence-electron chi connectivity index (χ1n) is 8.99. The summed E-state index contributed by atoms with van der Waals surface area (Å²) in [5, 5.41) is 0. The van der Waals surface area contributed by atoms with Crippen LogP contribution in [0.1, 0.15) is 82.1 Å². The van der Waals surface area contributed by atoms with Gasteiger partial charge in [-0.2, -0.15) is 0 Å². The van der Waals surface area contributed by atoms with Crippen molar-refractivity contribution in [3.8, 4) is 0 Å². The molecule has 0 bridgehead atoms. The predicted octanol–water partition coefficient (Wildman–Crippen LogP) is 6.84. The second-order valence-electron chi connectivity index (χ2n) is 8.02. The van der Waals surface area contributed by atoms with Gasteiger partial charge in [-0.3, -0.25) is 0 Å². The van der Waals surface area contributed by atoms with E-state index in [4.69, 9.17) is 0 Å². The summed E-state index contributed by atoms with van der Waals surface area (Å²) in [5.41, 5.74) is 6.46. The third kappa shape index (κ3) is 4.47. The van der Waals surface area contributed by atoms with Crippen LogP contribution in [0.4, 0.5) is 0 Å². The molecule has 23 heavy (non-hydrogen) atoms. The molecule has 1 aliphatic rings. The molecular weight excluding hydrogens is 276 g/mol. The molecule has 0 aromatic heterocycles. The minimum Gasteiger partial charge on any atom is -0.0622 e. The highest BCUT2D eigenvalue weighted by Crippen LogP contribution is 2.39. The molecule has 2 aromatic rings. The first kappa shape index (κ1) is 17.8. The van der Waals surface area contributed by atoms with Crippen molar-refractivity contribution in [3.05, 3.63) is 70.8 Å². The summed E-state index contributed by atoms with van der Waals surface area (Å²) in [6.45, 7) is 13.7. The molecule has 0 heterocycles. The highest BCUT2D eigenvalue weighted by atomic mass is 14.3. The van der Waals surface area contributed by atoms with Crippen LogP contribution in [0.25, 0.3) is 0 Å². The molecule has 0 spiro atoms. The van der Waals surface area contributed by atoms with Crippen LogP contribution in [0.15, 0.2) is 48.5 Å². The molecule has 124 valence electrons. The first-order valence-corrected chi connectivity index (χ1v) is 8.99. The van der Waals surface area contributed by atoms with E-state index in [9.17, 15) is 0 Å². The Morgan fingerprint density at radius 3 is 1.91 bits per heavy atom. The maximum Gasteiger partial charge on any atom is -0.00976 e. The zero-order chi connectivity index (χ0) is 17.0. The van der Waals surface area contributed by atoms with Crippen LogP contribution in [-0.4, -0.2) is 0 Å². The van der Waals surface area contributed by atoms with Gasteiger partial charge in [0.25, 0.3) is 0 Å². The van der Waals surface area contributed by atoms with Gasteiger partial charge in [0.2, 0.25) is 0 Å². The van der Waals surface area contributed by atoms with Crippen molar-refractivity contribution in [2.24, 2.45) is 0 Å². The molecule has 3 rings (SSSR count). The lowest BCUT2D eigenvalue weighted by Gasteiger charge is -2.20. The highest BCUT2D eigenvalue weighted by Gasteiger charge is 2.29. The Labute approximate surface area is 143 Å². The third-order valence-electron chi connectivity index (χ3n) is 5.02. The van der Waals surface area contributed by atoms with Gasteiger partial charge in [-0.25, -0.2) is 0 Å². The van der Waals surface area contributed by atoms with Crippen LogP contribution in [0.3, 0.4) is 0 Å². The number of rotatable bonds is 2. The topological polar surface area (TPSA) is 0 Å². The average molecular weight is 309 g/mol. The zero-order valence-electron chi connectivity index (χ0n) is 15.7. The summed E-state index contributed by atoms with van der Waals surface area (Å²) in [5.74, 6) is 1.31. The van der Waals surface area contributed by atoms with E-state index in [2.05, 4.69) is 84.0 Å². The van der Waals surface area contributed by atoms with E-state index in [1.54, 1.807) is 11.1 Å². The monoisotopic (exact) mass is 308 g/mol. The normalized spacial score (nSPS) is 15.3. The van der Waals surface area contributed by atoms with Gasteiger partial charge in [0.15, 0.2) is 0 Å². The van der Waals surface area contributed by atoms with Crippen LogP contribution in [-0.2, 0) is 11.8 Å². The van der Waals surface area contributed by atoms with E-state index in [-0.39, 0.29) is 0 Å². The minimum absolute atomic E-state index is 0.403. The molecule has 0 saturated heterocycles. The fourth-order valence-corrected chi connectivity index (χ4v) is 3.22. The second kappa shape index (κ2) is 7.34. The molecule has 0 nitrogen and oxygen atoms in total. The van der Waals surface area contributed by atoms with Crippen molar-refractivity contribution in [1.82, 2.24) is 0 Å². The molecule has 0 unspecified atom stereocenters. The van der Waals surface area contributed by atoms with Gasteiger partial charge in [-0.1, -0.05) is 90.1 Å². The summed E-state index contributed by atoms with van der Waals surface area (Å²) >= 11 is 0. The Balaban J connectivity index is 0.000000185. The lowest BCUT2D eigenvalue weighted by molar-refractivity contribution is 0.522. The van der Waals surface area contributed by atoms with Gasteiger partial charge in [-0.05, 0) is 52.3 Å². The Morgan fingerprint density at radius 1 is 0.783 bits per heavy atom. The van der Waals surface area contributed by atoms with Crippen molar-refractivity contribution in [3.63, 3.8) is 0 Å². The molecule has 0 amide bonds. The van der Waals surface area contributed by atoms with Crippen LogP contribution in [0.5, 0.6) is 0 Å². The third-order valence-corrected chi connectivity index (χ3v) is 5.02. The molecule has 0 saturated carbocycles. The first-order chi connectivity index (χ1) is 10.8. The maximum atomic E-state index is 2.42. The Hall–Kier alpha value is -1.56. The predicted molar refractivity (Wildman–Crippen MR) is 102 cm³/mol. The van der Waals surface area contributed by atoms with Crippen LogP contribution >= 0.6 is 0 Å². The fraction of sp³-hybridized carbons (Fsp3) is 0.478. The number of aryl methyl sites for hydroxylation is 1.